The topological polar surface area (TPSA) is 12.0 Å². The molecule has 1 aromatic carbocycles. The third-order valence-electron chi connectivity index (χ3n) is 3.86. The Balaban J connectivity index is 2.19. The Morgan fingerprint density at radius 3 is 2.81 bits per heavy atom. The summed E-state index contributed by atoms with van der Waals surface area (Å²) in [6, 6.07) is 9.00. The van der Waals surface area contributed by atoms with Crippen LogP contribution in [0.4, 0.5) is 5.69 Å². The standard InChI is InChI=1S/C13H20ClNSi/c1-3-16(4-2)10-8-11-12(14)6-5-7-13(11)15-9-10/h5-7,10,15-16H,3-4,8-9H2,1-2H3. The van der Waals surface area contributed by atoms with Gasteiger partial charge < -0.3 is 5.32 Å². The molecule has 1 N–H and O–H groups in total. The third kappa shape index (κ3) is 2.28. The van der Waals surface area contributed by atoms with Crippen LogP contribution in [0.15, 0.2) is 18.2 Å². The van der Waals surface area contributed by atoms with E-state index in [2.05, 4.69) is 25.2 Å². The Hall–Kier alpha value is -0.473. The largest absolute Gasteiger partial charge is 0.385 e. The van der Waals surface area contributed by atoms with E-state index in [1.54, 1.807) is 0 Å². The van der Waals surface area contributed by atoms with E-state index in [-0.39, 0.29) is 0 Å². The molecule has 0 fully saturated rings. The molecule has 0 bridgehead atoms. The number of rotatable bonds is 3. The molecule has 1 aliphatic heterocycles. The summed E-state index contributed by atoms with van der Waals surface area (Å²) >= 11 is 6.27. The average Bonchev–Trinajstić information content (AvgIpc) is 2.32. The Kier molecular flexibility index (Phi) is 3.93. The summed E-state index contributed by atoms with van der Waals surface area (Å²) in [5.74, 6) is 0. The SMILES string of the molecule is CC[SiH](CC)C1CNc2cccc(Cl)c2C1. The van der Waals surface area contributed by atoms with Gasteiger partial charge in [-0.3, -0.25) is 0 Å². The molecular weight excluding hydrogens is 234 g/mol. The zero-order valence-corrected chi connectivity index (χ0v) is 12.0. The maximum absolute atomic E-state index is 6.27. The third-order valence-corrected chi connectivity index (χ3v) is 8.11. The van der Waals surface area contributed by atoms with Crippen molar-refractivity contribution in [3.63, 3.8) is 0 Å². The van der Waals surface area contributed by atoms with E-state index in [4.69, 9.17) is 11.6 Å². The summed E-state index contributed by atoms with van der Waals surface area (Å²) < 4.78 is 0. The fourth-order valence-corrected chi connectivity index (χ4v) is 5.98. The van der Waals surface area contributed by atoms with Gasteiger partial charge in [0.15, 0.2) is 0 Å². The van der Waals surface area contributed by atoms with Gasteiger partial charge >= 0.3 is 0 Å². The molecule has 0 spiro atoms. The van der Waals surface area contributed by atoms with Crippen LogP contribution in [-0.4, -0.2) is 15.3 Å². The molecule has 2 rings (SSSR count). The van der Waals surface area contributed by atoms with Crippen molar-refractivity contribution < 1.29 is 0 Å². The zero-order chi connectivity index (χ0) is 11.5. The number of hydrogen-bond acceptors (Lipinski definition) is 1. The molecule has 1 unspecified atom stereocenters. The highest BCUT2D eigenvalue weighted by atomic mass is 35.5. The van der Waals surface area contributed by atoms with Gasteiger partial charge in [0.2, 0.25) is 0 Å². The predicted molar refractivity (Wildman–Crippen MR) is 75.5 cm³/mol. The van der Waals surface area contributed by atoms with E-state index in [1.165, 1.54) is 29.8 Å². The molecule has 0 saturated carbocycles. The van der Waals surface area contributed by atoms with Crippen molar-refractivity contribution in [3.05, 3.63) is 28.8 Å². The van der Waals surface area contributed by atoms with Crippen molar-refractivity contribution in [3.8, 4) is 0 Å². The average molecular weight is 254 g/mol. The number of nitrogens with one attached hydrogen (secondary N) is 1. The second-order valence-electron chi connectivity index (χ2n) is 4.69. The van der Waals surface area contributed by atoms with Crippen LogP contribution < -0.4 is 5.32 Å². The van der Waals surface area contributed by atoms with Gasteiger partial charge in [-0.15, -0.1) is 0 Å². The number of benzene rings is 1. The first kappa shape index (κ1) is 12.0. The van der Waals surface area contributed by atoms with Crippen LogP contribution in [-0.2, 0) is 6.42 Å². The second kappa shape index (κ2) is 5.24. The summed E-state index contributed by atoms with van der Waals surface area (Å²) in [6.45, 7) is 5.86. The molecule has 0 radical (unpaired) electrons. The lowest BCUT2D eigenvalue weighted by Crippen LogP contribution is -2.30. The van der Waals surface area contributed by atoms with Crippen molar-refractivity contribution >= 4 is 26.1 Å². The Bertz CT molecular complexity index is 363. The summed E-state index contributed by atoms with van der Waals surface area (Å²) in [5, 5.41) is 4.49. The number of fused-ring (bicyclic) bond motifs is 1. The van der Waals surface area contributed by atoms with E-state index < -0.39 is 8.80 Å². The number of hydrogen-bond donors (Lipinski definition) is 1. The Labute approximate surface area is 105 Å². The highest BCUT2D eigenvalue weighted by Crippen LogP contribution is 2.35. The minimum Gasteiger partial charge on any atom is -0.385 e. The van der Waals surface area contributed by atoms with E-state index in [1.807, 2.05) is 12.1 Å². The molecule has 1 atom stereocenters. The van der Waals surface area contributed by atoms with Crippen molar-refractivity contribution in [2.45, 2.75) is 37.9 Å². The van der Waals surface area contributed by atoms with E-state index in [0.717, 1.165) is 17.1 Å². The Morgan fingerprint density at radius 2 is 2.12 bits per heavy atom. The van der Waals surface area contributed by atoms with Crippen LogP contribution in [0.3, 0.4) is 0 Å². The molecule has 1 heterocycles. The minimum atomic E-state index is -0.574. The van der Waals surface area contributed by atoms with Gasteiger partial charge in [0.05, 0.1) is 0 Å². The van der Waals surface area contributed by atoms with Crippen LogP contribution >= 0.6 is 11.6 Å². The Morgan fingerprint density at radius 1 is 1.38 bits per heavy atom. The molecule has 1 aromatic rings. The van der Waals surface area contributed by atoms with Crippen LogP contribution in [0.25, 0.3) is 0 Å². The first-order chi connectivity index (χ1) is 7.76. The molecule has 0 amide bonds. The van der Waals surface area contributed by atoms with Crippen molar-refractivity contribution in [1.82, 2.24) is 0 Å². The first-order valence-corrected chi connectivity index (χ1v) is 8.95. The lowest BCUT2D eigenvalue weighted by Gasteiger charge is -2.31. The predicted octanol–water partition coefficient (Wildman–Crippen LogP) is 3.95. The zero-order valence-electron chi connectivity index (χ0n) is 10.1. The molecule has 0 aromatic heterocycles. The molecule has 0 aliphatic carbocycles. The van der Waals surface area contributed by atoms with Crippen LogP contribution in [0.1, 0.15) is 19.4 Å². The smallest absolute Gasteiger partial charge is 0.0458 e. The van der Waals surface area contributed by atoms with E-state index >= 15 is 0 Å². The molecule has 88 valence electrons. The van der Waals surface area contributed by atoms with Crippen LogP contribution in [0.2, 0.25) is 22.7 Å². The van der Waals surface area contributed by atoms with Crippen LogP contribution in [0.5, 0.6) is 0 Å². The van der Waals surface area contributed by atoms with E-state index in [9.17, 15) is 0 Å². The first-order valence-electron chi connectivity index (χ1n) is 6.27. The highest BCUT2D eigenvalue weighted by Gasteiger charge is 2.25. The monoisotopic (exact) mass is 253 g/mol. The van der Waals surface area contributed by atoms with Gasteiger partial charge in [0.1, 0.15) is 0 Å². The van der Waals surface area contributed by atoms with Gasteiger partial charge in [-0.2, -0.15) is 0 Å². The molecule has 3 heteroatoms. The minimum absolute atomic E-state index is 0.574. The molecular formula is C13H20ClNSi. The maximum Gasteiger partial charge on any atom is 0.0458 e. The van der Waals surface area contributed by atoms with E-state index in [0.29, 0.717) is 0 Å². The molecule has 0 saturated heterocycles. The normalized spacial score (nSPS) is 19.4. The summed E-state index contributed by atoms with van der Waals surface area (Å²) in [6.07, 6.45) is 1.20. The van der Waals surface area contributed by atoms with Crippen molar-refractivity contribution in [2.75, 3.05) is 11.9 Å². The van der Waals surface area contributed by atoms with Crippen molar-refractivity contribution in [2.24, 2.45) is 0 Å². The lowest BCUT2D eigenvalue weighted by atomic mass is 10.0. The fourth-order valence-electron chi connectivity index (χ4n) is 2.80. The fraction of sp³-hybridized carbons (Fsp3) is 0.538. The van der Waals surface area contributed by atoms with Gasteiger partial charge in [-0.25, -0.2) is 0 Å². The summed E-state index contributed by atoms with van der Waals surface area (Å²) in [7, 11) is -0.574. The summed E-state index contributed by atoms with van der Waals surface area (Å²) in [4.78, 5) is 0. The van der Waals surface area contributed by atoms with Crippen molar-refractivity contribution in [1.29, 1.82) is 0 Å². The van der Waals surface area contributed by atoms with Crippen LogP contribution in [0, 0.1) is 0 Å². The second-order valence-corrected chi connectivity index (χ2v) is 9.19. The molecule has 1 nitrogen and oxygen atoms in total. The summed E-state index contributed by atoms with van der Waals surface area (Å²) in [5.41, 5.74) is 3.48. The number of anilines is 1. The quantitative estimate of drug-likeness (QED) is 0.805. The maximum atomic E-state index is 6.27. The van der Waals surface area contributed by atoms with Gasteiger partial charge in [0.25, 0.3) is 0 Å². The van der Waals surface area contributed by atoms with Gasteiger partial charge in [0, 0.05) is 26.1 Å². The molecule has 1 aliphatic rings. The highest BCUT2D eigenvalue weighted by molar-refractivity contribution is 6.60. The lowest BCUT2D eigenvalue weighted by molar-refractivity contribution is 0.796. The van der Waals surface area contributed by atoms with Gasteiger partial charge in [-0.05, 0) is 29.7 Å². The van der Waals surface area contributed by atoms with Gasteiger partial charge in [-0.1, -0.05) is 43.6 Å². The molecule has 16 heavy (non-hydrogen) atoms. The number of halogens is 1.